The number of rotatable bonds is 2. The van der Waals surface area contributed by atoms with E-state index in [2.05, 4.69) is 22.0 Å². The van der Waals surface area contributed by atoms with Gasteiger partial charge in [-0.15, -0.1) is 0 Å². The van der Waals surface area contributed by atoms with Crippen LogP contribution >= 0.6 is 0 Å². The highest BCUT2D eigenvalue weighted by atomic mass is 15.1. The van der Waals surface area contributed by atoms with E-state index in [1.165, 1.54) is 38.0 Å². The lowest BCUT2D eigenvalue weighted by molar-refractivity contribution is 0.219. The monoisotopic (exact) mass is 229 g/mol. The first-order valence-corrected chi connectivity index (χ1v) is 6.41. The summed E-state index contributed by atoms with van der Waals surface area (Å²) in [5, 5.41) is 1.15. The number of nitrogens with one attached hydrogen (secondary N) is 1. The average Bonchev–Trinajstić information content (AvgIpc) is 2.74. The van der Waals surface area contributed by atoms with E-state index >= 15 is 0 Å². The molecule has 2 aromatic rings. The number of nitrogens with two attached hydrogens (primary N) is 1. The van der Waals surface area contributed by atoms with Crippen molar-refractivity contribution in [2.75, 3.05) is 18.8 Å². The molecule has 0 spiro atoms. The number of aromatic amines is 1. The molecule has 3 heteroatoms. The minimum atomic E-state index is 0.864. The number of nitrogens with zero attached hydrogens (tertiary/aromatic N) is 1. The molecule has 3 N–H and O–H groups in total. The van der Waals surface area contributed by atoms with E-state index in [1.807, 2.05) is 12.1 Å². The van der Waals surface area contributed by atoms with Crippen molar-refractivity contribution >= 4 is 16.6 Å². The Bertz CT molecular complexity index is 509. The SMILES string of the molecule is Nc1cccc2[nH]c(CN3CCCCC3)cc12. The molecule has 3 rings (SSSR count). The molecule has 0 bridgehead atoms. The minimum Gasteiger partial charge on any atom is -0.398 e. The Morgan fingerprint density at radius 3 is 2.76 bits per heavy atom. The van der Waals surface area contributed by atoms with Crippen LogP contribution in [0.5, 0.6) is 0 Å². The van der Waals surface area contributed by atoms with Gasteiger partial charge in [-0.1, -0.05) is 12.5 Å². The van der Waals surface area contributed by atoms with Crippen LogP contribution < -0.4 is 5.73 Å². The maximum absolute atomic E-state index is 5.97. The highest BCUT2D eigenvalue weighted by molar-refractivity contribution is 5.91. The molecule has 90 valence electrons. The van der Waals surface area contributed by atoms with Crippen molar-refractivity contribution in [2.45, 2.75) is 25.8 Å². The van der Waals surface area contributed by atoms with Crippen molar-refractivity contribution in [1.82, 2.24) is 9.88 Å². The molecular weight excluding hydrogens is 210 g/mol. The first kappa shape index (κ1) is 10.7. The van der Waals surface area contributed by atoms with Gasteiger partial charge in [0.15, 0.2) is 0 Å². The summed E-state index contributed by atoms with van der Waals surface area (Å²) in [5.74, 6) is 0. The van der Waals surface area contributed by atoms with Gasteiger partial charge in [0, 0.05) is 28.8 Å². The van der Waals surface area contributed by atoms with Gasteiger partial charge in [0.2, 0.25) is 0 Å². The number of piperidine rings is 1. The Labute approximate surface area is 102 Å². The molecule has 1 aliphatic heterocycles. The summed E-state index contributed by atoms with van der Waals surface area (Å²) in [5.41, 5.74) is 9.26. The van der Waals surface area contributed by atoms with Gasteiger partial charge >= 0.3 is 0 Å². The Balaban J connectivity index is 1.83. The van der Waals surface area contributed by atoms with Gasteiger partial charge < -0.3 is 10.7 Å². The van der Waals surface area contributed by atoms with Gasteiger partial charge in [-0.3, -0.25) is 4.90 Å². The van der Waals surface area contributed by atoms with Gasteiger partial charge in [-0.05, 0) is 44.1 Å². The summed E-state index contributed by atoms with van der Waals surface area (Å²) in [4.78, 5) is 5.98. The van der Waals surface area contributed by atoms with Crippen molar-refractivity contribution in [3.05, 3.63) is 30.0 Å². The fraction of sp³-hybridized carbons (Fsp3) is 0.429. The van der Waals surface area contributed by atoms with Crippen LogP contribution in [0.3, 0.4) is 0 Å². The Morgan fingerprint density at radius 1 is 1.18 bits per heavy atom. The van der Waals surface area contributed by atoms with Crippen LogP contribution in [0.1, 0.15) is 25.0 Å². The summed E-state index contributed by atoms with van der Waals surface area (Å²) < 4.78 is 0. The molecule has 1 aliphatic rings. The molecule has 0 saturated carbocycles. The maximum atomic E-state index is 5.97. The van der Waals surface area contributed by atoms with Gasteiger partial charge in [-0.25, -0.2) is 0 Å². The van der Waals surface area contributed by atoms with Crippen molar-refractivity contribution in [1.29, 1.82) is 0 Å². The highest BCUT2D eigenvalue weighted by Gasteiger charge is 2.12. The number of benzene rings is 1. The number of anilines is 1. The number of nitrogen functional groups attached to an aromatic ring is 1. The van der Waals surface area contributed by atoms with Gasteiger partial charge in [-0.2, -0.15) is 0 Å². The largest absolute Gasteiger partial charge is 0.398 e. The third-order valence-electron chi connectivity index (χ3n) is 3.60. The standard InChI is InChI=1S/C14H19N3/c15-13-5-4-6-14-12(13)9-11(16-14)10-17-7-2-1-3-8-17/h4-6,9,16H,1-3,7-8,10,15H2. The first-order chi connectivity index (χ1) is 8.33. The molecule has 1 aromatic carbocycles. The normalized spacial score (nSPS) is 17.6. The van der Waals surface area contributed by atoms with Crippen LogP contribution in [0.25, 0.3) is 10.9 Å². The lowest BCUT2D eigenvalue weighted by Gasteiger charge is -2.25. The van der Waals surface area contributed by atoms with E-state index in [4.69, 9.17) is 5.73 Å². The molecule has 0 unspecified atom stereocenters. The number of hydrogen-bond acceptors (Lipinski definition) is 2. The smallest absolute Gasteiger partial charge is 0.0477 e. The third-order valence-corrected chi connectivity index (χ3v) is 3.60. The maximum Gasteiger partial charge on any atom is 0.0477 e. The van der Waals surface area contributed by atoms with Crippen molar-refractivity contribution < 1.29 is 0 Å². The molecule has 1 aromatic heterocycles. The molecule has 3 nitrogen and oxygen atoms in total. The summed E-state index contributed by atoms with van der Waals surface area (Å²) in [6.45, 7) is 3.48. The average molecular weight is 229 g/mol. The van der Waals surface area contributed by atoms with E-state index in [0.717, 1.165) is 23.1 Å². The zero-order chi connectivity index (χ0) is 11.7. The van der Waals surface area contributed by atoms with E-state index in [9.17, 15) is 0 Å². The van der Waals surface area contributed by atoms with Crippen LogP contribution in [0.4, 0.5) is 5.69 Å². The molecular formula is C14H19N3. The van der Waals surface area contributed by atoms with Crippen molar-refractivity contribution in [2.24, 2.45) is 0 Å². The zero-order valence-corrected chi connectivity index (χ0v) is 10.1. The summed E-state index contributed by atoms with van der Waals surface area (Å²) in [6.07, 6.45) is 4.06. The summed E-state index contributed by atoms with van der Waals surface area (Å²) >= 11 is 0. The van der Waals surface area contributed by atoms with Crippen LogP contribution in [-0.4, -0.2) is 23.0 Å². The number of hydrogen-bond donors (Lipinski definition) is 2. The third kappa shape index (κ3) is 2.15. The van der Waals surface area contributed by atoms with Gasteiger partial charge in [0.1, 0.15) is 0 Å². The lowest BCUT2D eigenvalue weighted by atomic mass is 10.1. The first-order valence-electron chi connectivity index (χ1n) is 6.41. The summed E-state index contributed by atoms with van der Waals surface area (Å²) in [7, 11) is 0. The van der Waals surface area contributed by atoms with Crippen LogP contribution in [-0.2, 0) is 6.54 Å². The fourth-order valence-corrected chi connectivity index (χ4v) is 2.68. The van der Waals surface area contributed by atoms with Gasteiger partial charge in [0.25, 0.3) is 0 Å². The predicted molar refractivity (Wildman–Crippen MR) is 71.8 cm³/mol. The molecule has 17 heavy (non-hydrogen) atoms. The van der Waals surface area contributed by atoms with E-state index in [1.54, 1.807) is 0 Å². The van der Waals surface area contributed by atoms with Crippen molar-refractivity contribution in [3.63, 3.8) is 0 Å². The second-order valence-corrected chi connectivity index (χ2v) is 4.94. The van der Waals surface area contributed by atoms with Crippen LogP contribution in [0, 0.1) is 0 Å². The molecule has 1 saturated heterocycles. The number of H-pyrrole nitrogens is 1. The minimum absolute atomic E-state index is 0.864. The Kier molecular flexibility index (Phi) is 2.77. The second-order valence-electron chi connectivity index (χ2n) is 4.94. The van der Waals surface area contributed by atoms with Gasteiger partial charge in [0.05, 0.1) is 0 Å². The lowest BCUT2D eigenvalue weighted by Crippen LogP contribution is -2.29. The fourth-order valence-electron chi connectivity index (χ4n) is 2.68. The number of fused-ring (bicyclic) bond motifs is 1. The molecule has 0 radical (unpaired) electrons. The number of aromatic nitrogens is 1. The molecule has 0 amide bonds. The highest BCUT2D eigenvalue weighted by Crippen LogP contribution is 2.23. The van der Waals surface area contributed by atoms with Crippen LogP contribution in [0.15, 0.2) is 24.3 Å². The molecule has 1 fully saturated rings. The van der Waals surface area contributed by atoms with E-state index in [-0.39, 0.29) is 0 Å². The summed E-state index contributed by atoms with van der Waals surface area (Å²) in [6, 6.07) is 8.24. The topological polar surface area (TPSA) is 45.1 Å². The zero-order valence-electron chi connectivity index (χ0n) is 10.1. The van der Waals surface area contributed by atoms with E-state index in [0.29, 0.717) is 0 Å². The van der Waals surface area contributed by atoms with Crippen LogP contribution in [0.2, 0.25) is 0 Å². The molecule has 0 aliphatic carbocycles. The quantitative estimate of drug-likeness (QED) is 0.778. The van der Waals surface area contributed by atoms with E-state index < -0.39 is 0 Å². The second kappa shape index (κ2) is 4.41. The Hall–Kier alpha value is -1.48. The molecule has 2 heterocycles. The van der Waals surface area contributed by atoms with Crippen molar-refractivity contribution in [3.8, 4) is 0 Å². The number of likely N-dealkylation sites (tertiary alicyclic amines) is 1. The molecule has 0 atom stereocenters. The Morgan fingerprint density at radius 2 is 2.00 bits per heavy atom. The predicted octanol–water partition coefficient (Wildman–Crippen LogP) is 2.74.